The summed E-state index contributed by atoms with van der Waals surface area (Å²) in [5.74, 6) is 0.763. The molecule has 0 atom stereocenters. The average molecular weight is 225 g/mol. The summed E-state index contributed by atoms with van der Waals surface area (Å²) in [6, 6.07) is 0. The van der Waals surface area contributed by atoms with E-state index in [1.807, 2.05) is 0 Å². The number of amides is 1. The minimum Gasteiger partial charge on any atom is -0.367 e. The zero-order valence-corrected chi connectivity index (χ0v) is 9.75. The lowest BCUT2D eigenvalue weighted by molar-refractivity contribution is -0.133. The lowest BCUT2D eigenvalue weighted by Gasteiger charge is -2.15. The van der Waals surface area contributed by atoms with Crippen LogP contribution in [0.4, 0.5) is 0 Å². The summed E-state index contributed by atoms with van der Waals surface area (Å²) < 4.78 is 5.72. The summed E-state index contributed by atoms with van der Waals surface area (Å²) in [6.07, 6.45) is 4.60. The summed E-state index contributed by atoms with van der Waals surface area (Å²) >= 11 is 0. The molecule has 2 aliphatic rings. The van der Waals surface area contributed by atoms with Crippen molar-refractivity contribution in [2.45, 2.75) is 44.6 Å². The van der Waals surface area contributed by atoms with E-state index >= 15 is 0 Å². The van der Waals surface area contributed by atoms with E-state index in [1.165, 1.54) is 19.8 Å². The number of hydrogen-bond acceptors (Lipinski definition) is 3. The summed E-state index contributed by atoms with van der Waals surface area (Å²) in [4.78, 5) is 22.5. The predicted molar refractivity (Wildman–Crippen MR) is 58.9 cm³/mol. The minimum absolute atomic E-state index is 0.0865. The number of carbonyl (C=O) groups is 2. The fourth-order valence-corrected chi connectivity index (χ4v) is 1.76. The van der Waals surface area contributed by atoms with Gasteiger partial charge in [0.25, 0.3) is 0 Å². The van der Waals surface area contributed by atoms with Crippen LogP contribution in [-0.2, 0) is 14.3 Å². The molecule has 90 valence electrons. The van der Waals surface area contributed by atoms with Crippen LogP contribution in [0.15, 0.2) is 0 Å². The Balaban J connectivity index is 1.68. The van der Waals surface area contributed by atoms with Gasteiger partial charge < -0.3 is 10.1 Å². The molecule has 2 rings (SSSR count). The molecule has 4 nitrogen and oxygen atoms in total. The van der Waals surface area contributed by atoms with Crippen molar-refractivity contribution in [1.29, 1.82) is 0 Å². The molecule has 2 aliphatic carbocycles. The molecule has 16 heavy (non-hydrogen) atoms. The van der Waals surface area contributed by atoms with Gasteiger partial charge in [0.05, 0.1) is 6.61 Å². The van der Waals surface area contributed by atoms with Crippen LogP contribution >= 0.6 is 0 Å². The molecule has 0 unspecified atom stereocenters. The number of hydrogen-bond donors (Lipinski definition) is 1. The maximum Gasteiger partial charge on any atom is 0.216 e. The molecule has 0 saturated heterocycles. The lowest BCUT2D eigenvalue weighted by Crippen LogP contribution is -2.31. The van der Waals surface area contributed by atoms with E-state index < -0.39 is 5.60 Å². The number of Topliss-reactive ketones (excluding diaryl/α,β-unsaturated/α-hetero) is 1. The van der Waals surface area contributed by atoms with E-state index in [0.717, 1.165) is 19.4 Å². The largest absolute Gasteiger partial charge is 0.367 e. The Labute approximate surface area is 95.7 Å². The molecule has 2 saturated carbocycles. The third kappa shape index (κ3) is 3.04. The van der Waals surface area contributed by atoms with E-state index in [4.69, 9.17) is 4.74 Å². The van der Waals surface area contributed by atoms with Crippen molar-refractivity contribution in [2.75, 3.05) is 13.2 Å². The van der Waals surface area contributed by atoms with Gasteiger partial charge in [-0.15, -0.1) is 0 Å². The van der Waals surface area contributed by atoms with Crippen molar-refractivity contribution in [3.63, 3.8) is 0 Å². The van der Waals surface area contributed by atoms with E-state index in [-0.39, 0.29) is 11.7 Å². The Kier molecular flexibility index (Phi) is 3.28. The molecular formula is C12H19NO3. The van der Waals surface area contributed by atoms with Crippen LogP contribution in [0.2, 0.25) is 0 Å². The van der Waals surface area contributed by atoms with Gasteiger partial charge in [-0.05, 0) is 31.6 Å². The Morgan fingerprint density at radius 2 is 2.06 bits per heavy atom. The van der Waals surface area contributed by atoms with Crippen LogP contribution < -0.4 is 5.32 Å². The fraction of sp³-hybridized carbons (Fsp3) is 0.833. The Morgan fingerprint density at radius 1 is 1.38 bits per heavy atom. The highest BCUT2D eigenvalue weighted by atomic mass is 16.5. The summed E-state index contributed by atoms with van der Waals surface area (Å²) in [5, 5.41) is 2.64. The normalized spacial score (nSPS) is 21.6. The molecule has 0 bridgehead atoms. The van der Waals surface area contributed by atoms with Crippen molar-refractivity contribution >= 4 is 11.7 Å². The van der Waals surface area contributed by atoms with Crippen LogP contribution in [0.1, 0.15) is 39.0 Å². The molecule has 1 amide bonds. The summed E-state index contributed by atoms with van der Waals surface area (Å²) in [7, 11) is 0. The third-order valence-electron chi connectivity index (χ3n) is 3.23. The zero-order valence-electron chi connectivity index (χ0n) is 9.75. The second kappa shape index (κ2) is 4.53. The second-order valence-corrected chi connectivity index (χ2v) is 4.90. The van der Waals surface area contributed by atoms with Crippen molar-refractivity contribution in [2.24, 2.45) is 5.92 Å². The first-order valence-corrected chi connectivity index (χ1v) is 6.04. The second-order valence-electron chi connectivity index (χ2n) is 4.90. The first kappa shape index (κ1) is 11.6. The monoisotopic (exact) mass is 225 g/mol. The van der Waals surface area contributed by atoms with Crippen LogP contribution in [0.3, 0.4) is 0 Å². The predicted octanol–water partition coefficient (Wildman–Crippen LogP) is 1.04. The highest BCUT2D eigenvalue weighted by Gasteiger charge is 2.50. The first-order valence-electron chi connectivity index (χ1n) is 6.04. The fourth-order valence-electron chi connectivity index (χ4n) is 1.76. The Hall–Kier alpha value is -0.900. The molecule has 0 spiro atoms. The summed E-state index contributed by atoms with van der Waals surface area (Å²) in [5.41, 5.74) is -0.471. The maximum absolute atomic E-state index is 11.9. The minimum atomic E-state index is -0.471. The molecule has 0 radical (unpaired) electrons. The van der Waals surface area contributed by atoms with Crippen LogP contribution in [0, 0.1) is 5.92 Å². The molecule has 0 aromatic rings. The molecule has 0 heterocycles. The van der Waals surface area contributed by atoms with Gasteiger partial charge in [0.1, 0.15) is 5.60 Å². The molecule has 0 aromatic carbocycles. The van der Waals surface area contributed by atoms with E-state index in [1.54, 1.807) is 0 Å². The van der Waals surface area contributed by atoms with Gasteiger partial charge in [-0.2, -0.15) is 0 Å². The smallest absolute Gasteiger partial charge is 0.216 e. The molecular weight excluding hydrogens is 206 g/mol. The number of carbonyl (C=O) groups excluding carboxylic acids is 2. The lowest BCUT2D eigenvalue weighted by atomic mass is 10.1. The van der Waals surface area contributed by atoms with Crippen LogP contribution in [0.5, 0.6) is 0 Å². The molecule has 0 aromatic heterocycles. The number of ketones is 1. The van der Waals surface area contributed by atoms with Gasteiger partial charge in [-0.3, -0.25) is 9.59 Å². The molecule has 2 fully saturated rings. The maximum atomic E-state index is 11.9. The number of ether oxygens (including phenoxy) is 1. The van der Waals surface area contributed by atoms with Gasteiger partial charge >= 0.3 is 0 Å². The zero-order chi connectivity index (χ0) is 11.6. The number of nitrogens with one attached hydrogen (secondary N) is 1. The standard InChI is InChI=1S/C12H19NO3/c1-9(14)13-7-4-11(15)12(5-6-12)16-8-10-2-3-10/h10H,2-8H2,1H3,(H,13,14). The average Bonchev–Trinajstić information content (AvgIpc) is 3.10. The Bertz CT molecular complexity index is 293. The highest BCUT2D eigenvalue weighted by molar-refractivity contribution is 5.90. The Morgan fingerprint density at radius 3 is 2.56 bits per heavy atom. The molecule has 1 N–H and O–H groups in total. The molecule has 4 heteroatoms. The van der Waals surface area contributed by atoms with Crippen molar-refractivity contribution in [3.05, 3.63) is 0 Å². The SMILES string of the molecule is CC(=O)NCCC(=O)C1(OCC2CC2)CC1. The van der Waals surface area contributed by atoms with Gasteiger partial charge in [0.15, 0.2) is 5.78 Å². The quantitative estimate of drug-likeness (QED) is 0.704. The topological polar surface area (TPSA) is 55.4 Å². The van der Waals surface area contributed by atoms with E-state index in [2.05, 4.69) is 5.32 Å². The third-order valence-corrected chi connectivity index (χ3v) is 3.23. The van der Waals surface area contributed by atoms with Crippen molar-refractivity contribution in [3.8, 4) is 0 Å². The van der Waals surface area contributed by atoms with Crippen molar-refractivity contribution < 1.29 is 14.3 Å². The molecule has 0 aliphatic heterocycles. The van der Waals surface area contributed by atoms with Gasteiger partial charge in [-0.1, -0.05) is 0 Å². The van der Waals surface area contributed by atoms with E-state index in [9.17, 15) is 9.59 Å². The van der Waals surface area contributed by atoms with Crippen LogP contribution in [0.25, 0.3) is 0 Å². The van der Waals surface area contributed by atoms with Gasteiger partial charge in [-0.25, -0.2) is 0 Å². The van der Waals surface area contributed by atoms with Gasteiger partial charge in [0.2, 0.25) is 5.91 Å². The highest BCUT2D eigenvalue weighted by Crippen LogP contribution is 2.43. The van der Waals surface area contributed by atoms with Crippen LogP contribution in [-0.4, -0.2) is 30.4 Å². The first-order chi connectivity index (χ1) is 7.62. The van der Waals surface area contributed by atoms with E-state index in [0.29, 0.717) is 18.9 Å². The number of rotatable bonds is 7. The van der Waals surface area contributed by atoms with Gasteiger partial charge in [0, 0.05) is 19.9 Å². The van der Waals surface area contributed by atoms with Crippen molar-refractivity contribution in [1.82, 2.24) is 5.32 Å². The summed E-state index contributed by atoms with van der Waals surface area (Å²) in [6.45, 7) is 2.63.